The first-order valence-electron chi connectivity index (χ1n) is 7.33. The maximum atomic E-state index is 12.2. The number of carbonyl (C=O) groups is 2. The third-order valence-corrected chi connectivity index (χ3v) is 4.51. The van der Waals surface area contributed by atoms with E-state index in [-0.39, 0.29) is 5.91 Å². The fourth-order valence-electron chi connectivity index (χ4n) is 2.45. The average molecular weight is 328 g/mol. The summed E-state index contributed by atoms with van der Waals surface area (Å²) < 4.78 is 4.93. The van der Waals surface area contributed by atoms with Crippen LogP contribution in [0.15, 0.2) is 47.6 Å². The molecule has 0 unspecified atom stereocenters. The minimum Gasteiger partial charge on any atom is -0.463 e. The molecule has 1 aliphatic heterocycles. The highest BCUT2D eigenvalue weighted by Gasteiger charge is 2.28. The molecule has 2 heterocycles. The fraction of sp³-hybridized carbons (Fsp3) is 0.235. The zero-order chi connectivity index (χ0) is 16.2. The van der Waals surface area contributed by atoms with Gasteiger partial charge in [-0.05, 0) is 18.6 Å². The van der Waals surface area contributed by atoms with Crippen LogP contribution in [0.5, 0.6) is 0 Å². The molecule has 1 fully saturated rings. The van der Waals surface area contributed by atoms with Crippen molar-refractivity contribution in [2.24, 2.45) is 0 Å². The normalized spacial score (nSPS) is 16.3. The maximum Gasteiger partial charge on any atom is 0.333 e. The molecule has 1 aromatic heterocycles. The standard InChI is InChI=1S/C17H16N2O3S/c1-2-22-16(21)9-15-19(14(20)11-23-15)10-13-6-3-5-12-7-4-8-18-17(12)13/h3-9H,2,10-11H2,1H3. The lowest BCUT2D eigenvalue weighted by Gasteiger charge is -2.18. The zero-order valence-electron chi connectivity index (χ0n) is 12.7. The van der Waals surface area contributed by atoms with Gasteiger partial charge in [0, 0.05) is 11.6 Å². The van der Waals surface area contributed by atoms with Gasteiger partial charge in [-0.15, -0.1) is 0 Å². The molecule has 0 aliphatic carbocycles. The molecule has 6 heteroatoms. The Hall–Kier alpha value is -2.34. The predicted molar refractivity (Wildman–Crippen MR) is 89.5 cm³/mol. The highest BCUT2D eigenvalue weighted by molar-refractivity contribution is 8.04. The molecule has 0 saturated carbocycles. The number of carbonyl (C=O) groups excluding carboxylic acids is 2. The van der Waals surface area contributed by atoms with Gasteiger partial charge in [0.05, 0.1) is 35.5 Å². The number of amides is 1. The second-order valence-corrected chi connectivity index (χ2v) is 5.99. The lowest BCUT2D eigenvalue weighted by molar-refractivity contribution is -0.137. The highest BCUT2D eigenvalue weighted by atomic mass is 32.2. The first-order valence-corrected chi connectivity index (χ1v) is 8.32. The van der Waals surface area contributed by atoms with Crippen molar-refractivity contribution in [1.29, 1.82) is 0 Å². The van der Waals surface area contributed by atoms with Crippen molar-refractivity contribution in [2.45, 2.75) is 13.5 Å². The number of fused-ring (bicyclic) bond motifs is 1. The van der Waals surface area contributed by atoms with Crippen LogP contribution in [-0.2, 0) is 20.9 Å². The number of aromatic nitrogens is 1. The molecule has 118 valence electrons. The van der Waals surface area contributed by atoms with Gasteiger partial charge in [0.2, 0.25) is 5.91 Å². The summed E-state index contributed by atoms with van der Waals surface area (Å²) in [5.74, 6) is -0.104. The summed E-state index contributed by atoms with van der Waals surface area (Å²) in [7, 11) is 0. The molecule has 1 aliphatic rings. The van der Waals surface area contributed by atoms with Gasteiger partial charge in [-0.3, -0.25) is 9.78 Å². The fourth-order valence-corrected chi connectivity index (χ4v) is 3.38. The Balaban J connectivity index is 1.90. The Kier molecular flexibility index (Phi) is 4.62. The molecular weight excluding hydrogens is 312 g/mol. The second kappa shape index (κ2) is 6.83. The Morgan fingerprint density at radius 3 is 3.04 bits per heavy atom. The van der Waals surface area contributed by atoms with Crippen LogP contribution >= 0.6 is 11.8 Å². The molecule has 1 saturated heterocycles. The molecule has 5 nitrogen and oxygen atoms in total. The summed E-state index contributed by atoms with van der Waals surface area (Å²) >= 11 is 1.35. The third-order valence-electron chi connectivity index (χ3n) is 3.48. The summed E-state index contributed by atoms with van der Waals surface area (Å²) in [6.07, 6.45) is 3.12. The number of hydrogen-bond acceptors (Lipinski definition) is 5. The summed E-state index contributed by atoms with van der Waals surface area (Å²) in [6.45, 7) is 2.46. The second-order valence-electron chi connectivity index (χ2n) is 5.00. The average Bonchev–Trinajstić information content (AvgIpc) is 2.88. The number of hydrogen-bond donors (Lipinski definition) is 0. The van der Waals surface area contributed by atoms with E-state index in [4.69, 9.17) is 4.74 Å². The van der Waals surface area contributed by atoms with E-state index in [1.807, 2.05) is 30.3 Å². The smallest absolute Gasteiger partial charge is 0.333 e. The van der Waals surface area contributed by atoms with Crippen LogP contribution in [0.3, 0.4) is 0 Å². The van der Waals surface area contributed by atoms with Gasteiger partial charge in [-0.25, -0.2) is 4.79 Å². The molecule has 0 radical (unpaired) electrons. The molecule has 0 spiro atoms. The van der Waals surface area contributed by atoms with E-state index in [0.717, 1.165) is 16.5 Å². The number of esters is 1. The van der Waals surface area contributed by atoms with E-state index in [0.29, 0.717) is 23.9 Å². The third kappa shape index (κ3) is 3.37. The highest BCUT2D eigenvalue weighted by Crippen LogP contribution is 2.31. The van der Waals surface area contributed by atoms with Gasteiger partial charge in [-0.1, -0.05) is 36.0 Å². The van der Waals surface area contributed by atoms with E-state index in [1.165, 1.54) is 17.8 Å². The van der Waals surface area contributed by atoms with E-state index < -0.39 is 5.97 Å². The van der Waals surface area contributed by atoms with Crippen LogP contribution < -0.4 is 0 Å². The van der Waals surface area contributed by atoms with Gasteiger partial charge < -0.3 is 9.64 Å². The van der Waals surface area contributed by atoms with Gasteiger partial charge in [0.25, 0.3) is 0 Å². The number of ether oxygens (including phenoxy) is 1. The van der Waals surface area contributed by atoms with Crippen LogP contribution in [0.1, 0.15) is 12.5 Å². The molecule has 1 amide bonds. The quantitative estimate of drug-likeness (QED) is 0.638. The molecule has 0 atom stereocenters. The van der Waals surface area contributed by atoms with Crippen molar-refractivity contribution < 1.29 is 14.3 Å². The number of benzene rings is 1. The molecule has 1 aromatic carbocycles. The largest absolute Gasteiger partial charge is 0.463 e. The maximum absolute atomic E-state index is 12.2. The van der Waals surface area contributed by atoms with E-state index in [9.17, 15) is 9.59 Å². The van der Waals surface area contributed by atoms with Gasteiger partial charge in [0.1, 0.15) is 0 Å². The van der Waals surface area contributed by atoms with Crippen LogP contribution in [0.4, 0.5) is 0 Å². The Labute approximate surface area is 138 Å². The number of pyridine rings is 1. The van der Waals surface area contributed by atoms with Crippen LogP contribution in [0, 0.1) is 0 Å². The van der Waals surface area contributed by atoms with Crippen molar-refractivity contribution in [3.8, 4) is 0 Å². The minimum atomic E-state index is -0.425. The molecule has 23 heavy (non-hydrogen) atoms. The lowest BCUT2D eigenvalue weighted by Crippen LogP contribution is -2.24. The first kappa shape index (κ1) is 15.6. The predicted octanol–water partition coefficient (Wildman–Crippen LogP) is 2.71. The molecule has 0 bridgehead atoms. The Morgan fingerprint density at radius 1 is 1.39 bits per heavy atom. The topological polar surface area (TPSA) is 59.5 Å². The summed E-state index contributed by atoms with van der Waals surface area (Å²) in [6, 6.07) is 9.76. The minimum absolute atomic E-state index is 0.0153. The van der Waals surface area contributed by atoms with E-state index in [1.54, 1.807) is 18.0 Å². The summed E-state index contributed by atoms with van der Waals surface area (Å²) in [4.78, 5) is 29.8. The lowest BCUT2D eigenvalue weighted by atomic mass is 10.1. The Morgan fingerprint density at radius 2 is 2.22 bits per heavy atom. The first-order chi connectivity index (χ1) is 11.2. The van der Waals surface area contributed by atoms with Crippen LogP contribution in [0.2, 0.25) is 0 Å². The van der Waals surface area contributed by atoms with Crippen molar-refractivity contribution in [3.05, 3.63) is 53.2 Å². The monoisotopic (exact) mass is 328 g/mol. The summed E-state index contributed by atoms with van der Waals surface area (Å²) in [5, 5.41) is 1.65. The van der Waals surface area contributed by atoms with Crippen molar-refractivity contribution in [1.82, 2.24) is 9.88 Å². The zero-order valence-corrected chi connectivity index (χ0v) is 13.5. The van der Waals surface area contributed by atoms with E-state index in [2.05, 4.69) is 4.98 Å². The van der Waals surface area contributed by atoms with Gasteiger partial charge in [-0.2, -0.15) is 0 Å². The Bertz CT molecular complexity index is 783. The summed E-state index contributed by atoms with van der Waals surface area (Å²) in [5.41, 5.74) is 1.82. The number of thioether (sulfide) groups is 1. The number of para-hydroxylation sites is 1. The van der Waals surface area contributed by atoms with Crippen LogP contribution in [-0.4, -0.2) is 34.1 Å². The van der Waals surface area contributed by atoms with Gasteiger partial charge in [0.15, 0.2) is 0 Å². The molecule has 0 N–H and O–H groups in total. The molecular formula is C17H16N2O3S. The van der Waals surface area contributed by atoms with Crippen molar-refractivity contribution in [3.63, 3.8) is 0 Å². The SMILES string of the molecule is CCOC(=O)C=C1SCC(=O)N1Cc1cccc2cccnc12. The van der Waals surface area contributed by atoms with Crippen LogP contribution in [0.25, 0.3) is 10.9 Å². The van der Waals surface area contributed by atoms with E-state index >= 15 is 0 Å². The van der Waals surface area contributed by atoms with Gasteiger partial charge >= 0.3 is 5.97 Å². The number of nitrogens with zero attached hydrogens (tertiary/aromatic N) is 2. The van der Waals surface area contributed by atoms with Crippen molar-refractivity contribution in [2.75, 3.05) is 12.4 Å². The number of rotatable bonds is 4. The molecule has 2 aromatic rings. The van der Waals surface area contributed by atoms with Crippen molar-refractivity contribution >= 4 is 34.5 Å². The molecule has 3 rings (SSSR count).